The minimum atomic E-state index is -1.21. The Bertz CT molecular complexity index is 370. The first-order chi connectivity index (χ1) is 8.56. The third-order valence-corrected chi connectivity index (χ3v) is 3.14. The summed E-state index contributed by atoms with van der Waals surface area (Å²) in [7, 11) is 0. The van der Waals surface area contributed by atoms with Gasteiger partial charge in [0.2, 0.25) is 0 Å². The number of carboxylic acid groups (broad SMARTS) is 1. The molecule has 0 heterocycles. The highest BCUT2D eigenvalue weighted by Gasteiger charge is 2.33. The van der Waals surface area contributed by atoms with Crippen molar-refractivity contribution in [1.29, 1.82) is 0 Å². The lowest BCUT2D eigenvalue weighted by molar-refractivity contribution is -0.147. The molecule has 1 fully saturated rings. The Kier molecular flexibility index (Phi) is 5.36. The van der Waals surface area contributed by atoms with Crippen molar-refractivity contribution in [3.63, 3.8) is 0 Å². The molecular weight excluding hydrogens is 232 g/mol. The quantitative estimate of drug-likeness (QED) is 0.360. The Balaban J connectivity index is 0.000000180. The maximum Gasteiger partial charge on any atom is 0.321 e. The summed E-state index contributed by atoms with van der Waals surface area (Å²) in [5, 5.41) is 7.98. The van der Waals surface area contributed by atoms with E-state index < -0.39 is 18.4 Å². The molecule has 1 N–H and O–H groups in total. The second-order valence-corrected chi connectivity index (χ2v) is 4.41. The van der Waals surface area contributed by atoms with E-state index in [1.807, 2.05) is 0 Å². The second-order valence-electron chi connectivity index (χ2n) is 4.41. The van der Waals surface area contributed by atoms with Gasteiger partial charge in [-0.3, -0.25) is 9.59 Å². The summed E-state index contributed by atoms with van der Waals surface area (Å²) < 4.78 is 4.10. The number of fused-ring (bicyclic) bond motifs is 2. The maximum atomic E-state index is 10.2. The molecule has 0 spiro atoms. The van der Waals surface area contributed by atoms with Gasteiger partial charge >= 0.3 is 11.9 Å². The Morgan fingerprint density at radius 2 is 2.06 bits per heavy atom. The van der Waals surface area contributed by atoms with Crippen molar-refractivity contribution in [1.82, 2.24) is 0 Å². The van der Waals surface area contributed by atoms with Crippen molar-refractivity contribution in [3.05, 3.63) is 37.6 Å². The van der Waals surface area contributed by atoms with Crippen LogP contribution in [0, 0.1) is 17.8 Å². The highest BCUT2D eigenvalue weighted by Crippen LogP contribution is 2.43. The van der Waals surface area contributed by atoms with E-state index in [1.165, 1.54) is 12.8 Å². The molecule has 3 unspecified atom stereocenters. The number of carbonyl (C=O) groups excluding carboxylic acids is 1. The molecule has 2 bridgehead atoms. The number of esters is 1. The van der Waals surface area contributed by atoms with Crippen LogP contribution in [0.3, 0.4) is 0 Å². The summed E-state index contributed by atoms with van der Waals surface area (Å²) in [6.07, 6.45) is 9.89. The van der Waals surface area contributed by atoms with E-state index in [0.29, 0.717) is 0 Å². The minimum Gasteiger partial charge on any atom is -0.481 e. The van der Waals surface area contributed by atoms with Crippen molar-refractivity contribution >= 4 is 11.9 Å². The predicted octanol–water partition coefficient (Wildman–Crippen LogP) is 2.53. The average molecular weight is 250 g/mol. The van der Waals surface area contributed by atoms with Crippen LogP contribution in [0.25, 0.3) is 0 Å². The van der Waals surface area contributed by atoms with Crippen LogP contribution in [0.5, 0.6) is 0 Å². The van der Waals surface area contributed by atoms with Gasteiger partial charge in [0.1, 0.15) is 6.42 Å². The Morgan fingerprint density at radius 3 is 2.39 bits per heavy atom. The molecule has 0 aromatic heterocycles. The Labute approximate surface area is 107 Å². The van der Waals surface area contributed by atoms with E-state index in [1.54, 1.807) is 0 Å². The zero-order valence-electron chi connectivity index (χ0n) is 10.2. The van der Waals surface area contributed by atoms with Crippen molar-refractivity contribution in [2.75, 3.05) is 0 Å². The molecule has 18 heavy (non-hydrogen) atoms. The van der Waals surface area contributed by atoms with Crippen molar-refractivity contribution < 1.29 is 19.4 Å². The Morgan fingerprint density at radius 1 is 1.33 bits per heavy atom. The van der Waals surface area contributed by atoms with Crippen LogP contribution in [0.1, 0.15) is 19.3 Å². The number of hydrogen-bond acceptors (Lipinski definition) is 3. The van der Waals surface area contributed by atoms with E-state index in [9.17, 15) is 9.59 Å². The van der Waals surface area contributed by atoms with E-state index in [0.717, 1.165) is 24.0 Å². The van der Waals surface area contributed by atoms with Crippen LogP contribution < -0.4 is 0 Å². The standard InChI is InChI=1S/C9H12.C5H6O4/c1-2-8-5-7-3-4-9(8)6-7;1-2-9-5(8)3-4(6)7/h2-4,7-9H,1,5-6H2;2H,1,3H2,(H,6,7). The first-order valence-corrected chi connectivity index (χ1v) is 5.89. The molecular formula is C14H18O4. The third kappa shape index (κ3) is 4.20. The average Bonchev–Trinajstić information content (AvgIpc) is 2.90. The summed E-state index contributed by atoms with van der Waals surface area (Å²) in [6.45, 7) is 6.90. The molecule has 4 nitrogen and oxygen atoms in total. The van der Waals surface area contributed by atoms with Gasteiger partial charge in [0.15, 0.2) is 0 Å². The first kappa shape index (κ1) is 14.2. The molecule has 0 aromatic rings. The van der Waals surface area contributed by atoms with Gasteiger partial charge in [0.25, 0.3) is 0 Å². The van der Waals surface area contributed by atoms with Crippen LogP contribution >= 0.6 is 0 Å². The van der Waals surface area contributed by atoms with Crippen molar-refractivity contribution in [2.24, 2.45) is 17.8 Å². The van der Waals surface area contributed by atoms with Gasteiger partial charge in [-0.25, -0.2) is 0 Å². The monoisotopic (exact) mass is 250 g/mol. The molecule has 1 saturated carbocycles. The SMILES string of the molecule is C=CC1CC2C=CC1C2.C=COC(=O)CC(=O)O. The molecule has 2 aliphatic carbocycles. The molecule has 3 atom stereocenters. The zero-order valence-corrected chi connectivity index (χ0v) is 10.2. The Hall–Kier alpha value is -1.84. The van der Waals surface area contributed by atoms with Crippen LogP contribution in [-0.2, 0) is 14.3 Å². The predicted molar refractivity (Wildman–Crippen MR) is 67.6 cm³/mol. The molecule has 0 amide bonds. The van der Waals surface area contributed by atoms with E-state index in [2.05, 4.69) is 36.1 Å². The number of carbonyl (C=O) groups is 2. The number of ether oxygens (including phenoxy) is 1. The fraction of sp³-hybridized carbons (Fsp3) is 0.429. The van der Waals surface area contributed by atoms with Gasteiger partial charge < -0.3 is 9.84 Å². The fourth-order valence-corrected chi connectivity index (χ4v) is 2.35. The number of aliphatic carboxylic acids is 1. The van der Waals surface area contributed by atoms with Gasteiger partial charge in [0, 0.05) is 0 Å². The van der Waals surface area contributed by atoms with E-state index in [4.69, 9.17) is 5.11 Å². The van der Waals surface area contributed by atoms with Crippen molar-refractivity contribution in [3.8, 4) is 0 Å². The van der Waals surface area contributed by atoms with Crippen LogP contribution in [0.15, 0.2) is 37.6 Å². The van der Waals surface area contributed by atoms with Crippen LogP contribution in [-0.4, -0.2) is 17.0 Å². The topological polar surface area (TPSA) is 63.6 Å². The largest absolute Gasteiger partial charge is 0.481 e. The van der Waals surface area contributed by atoms with Gasteiger partial charge in [0.05, 0.1) is 6.26 Å². The van der Waals surface area contributed by atoms with Crippen LogP contribution in [0.4, 0.5) is 0 Å². The molecule has 0 aromatic carbocycles. The molecule has 2 aliphatic rings. The first-order valence-electron chi connectivity index (χ1n) is 5.89. The van der Waals surface area contributed by atoms with Crippen molar-refractivity contribution in [2.45, 2.75) is 19.3 Å². The number of carboxylic acids is 1. The van der Waals surface area contributed by atoms with Crippen LogP contribution in [0.2, 0.25) is 0 Å². The number of allylic oxidation sites excluding steroid dienone is 3. The lowest BCUT2D eigenvalue weighted by atomic mass is 9.94. The lowest BCUT2D eigenvalue weighted by Gasteiger charge is -2.11. The molecule has 4 heteroatoms. The highest BCUT2D eigenvalue weighted by atomic mass is 16.5. The smallest absolute Gasteiger partial charge is 0.321 e. The van der Waals surface area contributed by atoms with Gasteiger partial charge in [-0.1, -0.05) is 24.8 Å². The lowest BCUT2D eigenvalue weighted by Crippen LogP contribution is -2.06. The molecule has 0 aliphatic heterocycles. The summed E-state index contributed by atoms with van der Waals surface area (Å²) in [6, 6.07) is 0. The number of hydrogen-bond donors (Lipinski definition) is 1. The van der Waals surface area contributed by atoms with E-state index in [-0.39, 0.29) is 0 Å². The van der Waals surface area contributed by atoms with Gasteiger partial charge in [-0.05, 0) is 30.6 Å². The summed E-state index contributed by atoms with van der Waals surface area (Å²) >= 11 is 0. The summed E-state index contributed by atoms with van der Waals surface area (Å²) in [5.41, 5.74) is 0. The molecule has 0 radical (unpaired) electrons. The molecule has 98 valence electrons. The van der Waals surface area contributed by atoms with Gasteiger partial charge in [-0.15, -0.1) is 6.58 Å². The zero-order chi connectivity index (χ0) is 13.5. The second kappa shape index (κ2) is 6.79. The van der Waals surface area contributed by atoms with Gasteiger partial charge in [-0.2, -0.15) is 0 Å². The highest BCUT2D eigenvalue weighted by molar-refractivity contribution is 5.90. The summed E-state index contributed by atoms with van der Waals surface area (Å²) in [5.74, 6) is 0.546. The third-order valence-electron chi connectivity index (χ3n) is 3.14. The molecule has 0 saturated heterocycles. The van der Waals surface area contributed by atoms with E-state index >= 15 is 0 Å². The normalized spacial score (nSPS) is 27.0. The molecule has 2 rings (SSSR count). The fourth-order valence-electron chi connectivity index (χ4n) is 2.35. The number of rotatable bonds is 4. The maximum absolute atomic E-state index is 10.2. The minimum absolute atomic E-state index is 0.619. The summed E-state index contributed by atoms with van der Waals surface area (Å²) in [4.78, 5) is 19.9.